The van der Waals surface area contributed by atoms with Crippen LogP contribution in [-0.2, 0) is 9.53 Å². The molecule has 2 N–H and O–H groups in total. The maximum absolute atomic E-state index is 11.7. The smallest absolute Gasteiger partial charge is 0.407 e. The molecule has 128 valence electrons. The van der Waals surface area contributed by atoms with Gasteiger partial charge in [-0.3, -0.25) is 4.79 Å². The van der Waals surface area contributed by atoms with Gasteiger partial charge in [-0.05, 0) is 38.2 Å². The zero-order chi connectivity index (χ0) is 17.6. The number of carboxylic acids is 1. The Labute approximate surface area is 138 Å². The molecule has 5 nitrogen and oxygen atoms in total. The monoisotopic (exact) mass is 321 g/mol. The van der Waals surface area contributed by atoms with Gasteiger partial charge >= 0.3 is 12.1 Å². The van der Waals surface area contributed by atoms with Crippen molar-refractivity contribution in [2.24, 2.45) is 11.8 Å². The average Bonchev–Trinajstić information content (AvgIpc) is 2.45. The van der Waals surface area contributed by atoms with Crippen LogP contribution in [0.3, 0.4) is 0 Å². The Morgan fingerprint density at radius 2 is 1.74 bits per heavy atom. The molecule has 0 aliphatic carbocycles. The minimum Gasteiger partial charge on any atom is -0.481 e. The number of alkyl carbamates (subject to hydrolysis) is 1. The zero-order valence-electron chi connectivity index (χ0n) is 14.5. The quantitative estimate of drug-likeness (QED) is 0.838. The third-order valence-corrected chi connectivity index (χ3v) is 3.93. The van der Waals surface area contributed by atoms with Gasteiger partial charge < -0.3 is 15.2 Å². The standard InChI is InChI=1S/C18H27NO4/c1-12(14-9-7-6-8-10-14)13(2)15(16(20)21)11-19-17(22)23-18(3,4)5/h6-10,12-13,15H,11H2,1-5H3,(H,19,22)(H,20,21). The Morgan fingerprint density at radius 3 is 2.22 bits per heavy atom. The summed E-state index contributed by atoms with van der Waals surface area (Å²) in [6.45, 7) is 9.24. The summed E-state index contributed by atoms with van der Waals surface area (Å²) in [5.74, 6) is -1.67. The lowest BCUT2D eigenvalue weighted by molar-refractivity contribution is -0.143. The fraction of sp³-hybridized carbons (Fsp3) is 0.556. The van der Waals surface area contributed by atoms with Gasteiger partial charge in [0.1, 0.15) is 5.60 Å². The van der Waals surface area contributed by atoms with E-state index in [0.717, 1.165) is 5.56 Å². The number of ether oxygens (including phenoxy) is 1. The number of carbonyl (C=O) groups is 2. The molecule has 0 aliphatic heterocycles. The van der Waals surface area contributed by atoms with E-state index in [-0.39, 0.29) is 18.4 Å². The molecule has 0 saturated heterocycles. The van der Waals surface area contributed by atoms with Crippen LogP contribution in [0.4, 0.5) is 4.79 Å². The number of rotatable bonds is 6. The summed E-state index contributed by atoms with van der Waals surface area (Å²) in [5, 5.41) is 12.1. The number of aliphatic carboxylic acids is 1. The number of nitrogens with one attached hydrogen (secondary N) is 1. The Balaban J connectivity index is 2.71. The summed E-state index contributed by atoms with van der Waals surface area (Å²) in [6.07, 6.45) is -0.594. The normalized spacial score (nSPS) is 15.3. The second kappa shape index (κ2) is 7.99. The highest BCUT2D eigenvalue weighted by atomic mass is 16.6. The molecule has 3 atom stereocenters. The predicted octanol–water partition coefficient (Wildman–Crippen LogP) is 3.65. The van der Waals surface area contributed by atoms with E-state index in [2.05, 4.69) is 5.32 Å². The molecule has 1 aromatic carbocycles. The molecule has 23 heavy (non-hydrogen) atoms. The number of amides is 1. The third-order valence-electron chi connectivity index (χ3n) is 3.93. The highest BCUT2D eigenvalue weighted by Gasteiger charge is 2.30. The van der Waals surface area contributed by atoms with Gasteiger partial charge in [0.25, 0.3) is 0 Å². The van der Waals surface area contributed by atoms with Crippen molar-refractivity contribution < 1.29 is 19.4 Å². The molecular weight excluding hydrogens is 294 g/mol. The molecular formula is C18H27NO4. The van der Waals surface area contributed by atoms with Crippen LogP contribution in [-0.4, -0.2) is 29.3 Å². The Bertz CT molecular complexity index is 522. The van der Waals surface area contributed by atoms with Crippen LogP contribution in [0.15, 0.2) is 30.3 Å². The Hall–Kier alpha value is -2.04. The van der Waals surface area contributed by atoms with Gasteiger partial charge in [0.05, 0.1) is 5.92 Å². The topological polar surface area (TPSA) is 75.6 Å². The largest absolute Gasteiger partial charge is 0.481 e. The van der Waals surface area contributed by atoms with Crippen LogP contribution in [0, 0.1) is 11.8 Å². The average molecular weight is 321 g/mol. The number of hydrogen-bond acceptors (Lipinski definition) is 3. The highest BCUT2D eigenvalue weighted by molar-refractivity contribution is 5.73. The zero-order valence-corrected chi connectivity index (χ0v) is 14.5. The van der Waals surface area contributed by atoms with Gasteiger partial charge in [0, 0.05) is 6.54 Å². The van der Waals surface area contributed by atoms with Crippen molar-refractivity contribution >= 4 is 12.1 Å². The van der Waals surface area contributed by atoms with E-state index in [0.29, 0.717) is 0 Å². The van der Waals surface area contributed by atoms with Gasteiger partial charge in [-0.2, -0.15) is 0 Å². The van der Waals surface area contributed by atoms with E-state index in [1.165, 1.54) is 0 Å². The van der Waals surface area contributed by atoms with Crippen molar-refractivity contribution in [3.63, 3.8) is 0 Å². The molecule has 0 radical (unpaired) electrons. The number of carbonyl (C=O) groups excluding carboxylic acids is 1. The van der Waals surface area contributed by atoms with E-state index in [1.54, 1.807) is 20.8 Å². The molecule has 0 heterocycles. The van der Waals surface area contributed by atoms with Crippen molar-refractivity contribution in [2.45, 2.75) is 46.1 Å². The van der Waals surface area contributed by atoms with Crippen molar-refractivity contribution in [1.82, 2.24) is 5.32 Å². The minimum absolute atomic E-state index is 0.0442. The third kappa shape index (κ3) is 6.30. The maximum atomic E-state index is 11.7. The first-order valence-electron chi connectivity index (χ1n) is 7.86. The summed E-state index contributed by atoms with van der Waals surface area (Å²) < 4.78 is 5.15. The fourth-order valence-electron chi connectivity index (χ4n) is 2.41. The van der Waals surface area contributed by atoms with Gasteiger partial charge in [-0.1, -0.05) is 44.2 Å². The van der Waals surface area contributed by atoms with Crippen molar-refractivity contribution in [2.75, 3.05) is 6.54 Å². The van der Waals surface area contributed by atoms with Crippen molar-refractivity contribution in [3.05, 3.63) is 35.9 Å². The molecule has 1 rings (SSSR count). The molecule has 1 aromatic rings. The lowest BCUT2D eigenvalue weighted by atomic mass is 9.80. The first-order chi connectivity index (χ1) is 10.6. The van der Waals surface area contributed by atoms with Gasteiger partial charge in [-0.25, -0.2) is 4.79 Å². The van der Waals surface area contributed by atoms with Crippen molar-refractivity contribution in [1.29, 1.82) is 0 Å². The molecule has 0 aliphatic rings. The second-order valence-electron chi connectivity index (χ2n) is 6.89. The van der Waals surface area contributed by atoms with Crippen LogP contribution in [0.1, 0.15) is 46.1 Å². The summed E-state index contributed by atoms with van der Waals surface area (Å²) in [6, 6.07) is 9.78. The summed E-state index contributed by atoms with van der Waals surface area (Å²) in [5.41, 5.74) is 0.481. The Kier molecular flexibility index (Phi) is 6.61. The first kappa shape index (κ1) is 19.0. The molecule has 0 saturated carbocycles. The Morgan fingerprint density at radius 1 is 1.17 bits per heavy atom. The molecule has 0 bridgehead atoms. The van der Waals surface area contributed by atoms with Crippen molar-refractivity contribution in [3.8, 4) is 0 Å². The lowest BCUT2D eigenvalue weighted by Gasteiger charge is -2.27. The SMILES string of the molecule is CC(c1ccccc1)C(C)C(CNC(=O)OC(C)(C)C)C(=O)O. The van der Waals surface area contributed by atoms with E-state index in [1.807, 2.05) is 44.2 Å². The van der Waals surface area contributed by atoms with E-state index in [4.69, 9.17) is 4.74 Å². The summed E-state index contributed by atoms with van der Waals surface area (Å²) in [7, 11) is 0. The van der Waals surface area contributed by atoms with E-state index >= 15 is 0 Å². The molecule has 0 spiro atoms. The van der Waals surface area contributed by atoms with Gasteiger partial charge in [0.15, 0.2) is 0 Å². The molecule has 1 amide bonds. The van der Waals surface area contributed by atoms with Gasteiger partial charge in [-0.15, -0.1) is 0 Å². The van der Waals surface area contributed by atoms with Gasteiger partial charge in [0.2, 0.25) is 0 Å². The van der Waals surface area contributed by atoms with E-state index < -0.39 is 23.6 Å². The number of hydrogen-bond donors (Lipinski definition) is 2. The molecule has 0 aromatic heterocycles. The molecule has 5 heteroatoms. The maximum Gasteiger partial charge on any atom is 0.407 e. The van der Waals surface area contributed by atoms with E-state index in [9.17, 15) is 14.7 Å². The lowest BCUT2D eigenvalue weighted by Crippen LogP contribution is -2.40. The first-order valence-corrected chi connectivity index (χ1v) is 7.86. The molecule has 3 unspecified atom stereocenters. The van der Waals surface area contributed by atoms with Crippen LogP contribution >= 0.6 is 0 Å². The minimum atomic E-state index is -0.920. The predicted molar refractivity (Wildman–Crippen MR) is 89.4 cm³/mol. The van der Waals surface area contributed by atoms with Crippen LogP contribution in [0.25, 0.3) is 0 Å². The van der Waals surface area contributed by atoms with Crippen LogP contribution in [0.2, 0.25) is 0 Å². The summed E-state index contributed by atoms with van der Waals surface area (Å²) >= 11 is 0. The van der Waals surface area contributed by atoms with Crippen LogP contribution < -0.4 is 5.32 Å². The second-order valence-corrected chi connectivity index (χ2v) is 6.89. The highest BCUT2D eigenvalue weighted by Crippen LogP contribution is 2.29. The fourth-order valence-corrected chi connectivity index (χ4v) is 2.41. The summed E-state index contributed by atoms with van der Waals surface area (Å²) in [4.78, 5) is 23.3. The number of benzene rings is 1. The number of carboxylic acid groups (broad SMARTS) is 1. The van der Waals surface area contributed by atoms with Crippen LogP contribution in [0.5, 0.6) is 0 Å². The molecule has 0 fully saturated rings.